The van der Waals surface area contributed by atoms with Crippen molar-refractivity contribution in [3.63, 3.8) is 0 Å². The second-order valence-corrected chi connectivity index (χ2v) is 4.37. The summed E-state index contributed by atoms with van der Waals surface area (Å²) in [5, 5.41) is 18.6. The Labute approximate surface area is 98.5 Å². The lowest BCUT2D eigenvalue weighted by Crippen LogP contribution is -1.84. The molecule has 0 amide bonds. The highest BCUT2D eigenvalue weighted by Gasteiger charge is 1.98. The summed E-state index contributed by atoms with van der Waals surface area (Å²) in [5.41, 5.74) is 0.477. The van der Waals surface area contributed by atoms with Gasteiger partial charge in [0.1, 0.15) is 11.5 Å². The molecular weight excluding hydrogens is 224 g/mol. The number of rotatable bonds is 2. The van der Waals surface area contributed by atoms with Crippen LogP contribution in [0.3, 0.4) is 0 Å². The van der Waals surface area contributed by atoms with Crippen LogP contribution in [0.2, 0.25) is 0 Å². The SMILES string of the molecule is CC(=O)SCCC#Cc1ccc(O)cc1O. The highest BCUT2D eigenvalue weighted by molar-refractivity contribution is 8.13. The lowest BCUT2D eigenvalue weighted by molar-refractivity contribution is -0.109. The van der Waals surface area contributed by atoms with Crippen LogP contribution in [0.25, 0.3) is 0 Å². The minimum atomic E-state index is -0.0354. The predicted molar refractivity (Wildman–Crippen MR) is 64.4 cm³/mol. The largest absolute Gasteiger partial charge is 0.508 e. The standard InChI is InChI=1S/C12H12O3S/c1-9(13)16-7-3-2-4-10-5-6-11(14)8-12(10)15/h5-6,8,14-15H,3,7H2,1H3. The molecule has 0 saturated heterocycles. The molecule has 0 fully saturated rings. The molecule has 0 spiro atoms. The topological polar surface area (TPSA) is 57.5 Å². The van der Waals surface area contributed by atoms with Gasteiger partial charge in [-0.05, 0) is 12.1 Å². The molecule has 0 heterocycles. The maximum Gasteiger partial charge on any atom is 0.185 e. The van der Waals surface area contributed by atoms with E-state index >= 15 is 0 Å². The van der Waals surface area contributed by atoms with E-state index in [2.05, 4.69) is 11.8 Å². The molecule has 0 radical (unpaired) electrons. The number of hydrogen-bond acceptors (Lipinski definition) is 4. The minimum absolute atomic E-state index is 0.00943. The van der Waals surface area contributed by atoms with Gasteiger partial charge in [0.05, 0.1) is 5.56 Å². The van der Waals surface area contributed by atoms with Gasteiger partial charge in [-0.15, -0.1) is 0 Å². The zero-order valence-corrected chi connectivity index (χ0v) is 9.67. The summed E-state index contributed by atoms with van der Waals surface area (Å²) in [6.07, 6.45) is 0.588. The van der Waals surface area contributed by atoms with E-state index in [1.54, 1.807) is 6.07 Å². The number of carbonyl (C=O) groups excluding carboxylic acids is 1. The molecule has 0 aliphatic rings. The van der Waals surface area contributed by atoms with Crippen LogP contribution in [0, 0.1) is 11.8 Å². The second-order valence-electron chi connectivity index (χ2n) is 3.09. The van der Waals surface area contributed by atoms with Crippen molar-refractivity contribution < 1.29 is 15.0 Å². The van der Waals surface area contributed by atoms with Gasteiger partial charge in [-0.25, -0.2) is 0 Å². The van der Waals surface area contributed by atoms with Crippen LogP contribution in [0.15, 0.2) is 18.2 Å². The Hall–Kier alpha value is -1.60. The summed E-state index contributed by atoms with van der Waals surface area (Å²) in [4.78, 5) is 10.6. The summed E-state index contributed by atoms with van der Waals surface area (Å²) in [6, 6.07) is 4.26. The summed E-state index contributed by atoms with van der Waals surface area (Å²) in [6.45, 7) is 1.52. The molecule has 0 aliphatic heterocycles. The lowest BCUT2D eigenvalue weighted by Gasteiger charge is -1.96. The van der Waals surface area contributed by atoms with Crippen LogP contribution in [0.1, 0.15) is 18.9 Å². The van der Waals surface area contributed by atoms with Gasteiger partial charge >= 0.3 is 0 Å². The predicted octanol–water partition coefficient (Wildman–Crippen LogP) is 2.12. The third-order valence-electron chi connectivity index (χ3n) is 1.74. The Morgan fingerprint density at radius 1 is 1.44 bits per heavy atom. The van der Waals surface area contributed by atoms with Crippen LogP contribution in [0.5, 0.6) is 11.5 Å². The van der Waals surface area contributed by atoms with Crippen molar-refractivity contribution in [2.45, 2.75) is 13.3 Å². The van der Waals surface area contributed by atoms with Crippen molar-refractivity contribution in [2.75, 3.05) is 5.75 Å². The highest BCUT2D eigenvalue weighted by Crippen LogP contribution is 2.21. The monoisotopic (exact) mass is 236 g/mol. The Kier molecular flexibility index (Phi) is 4.74. The van der Waals surface area contributed by atoms with Gasteiger partial charge in [0.15, 0.2) is 5.12 Å². The fraction of sp³-hybridized carbons (Fsp3) is 0.250. The fourth-order valence-electron chi connectivity index (χ4n) is 1.03. The number of phenolic OH excluding ortho intramolecular Hbond substituents is 2. The number of benzene rings is 1. The first-order chi connectivity index (χ1) is 7.59. The van der Waals surface area contributed by atoms with Crippen LogP contribution >= 0.6 is 11.8 Å². The van der Waals surface area contributed by atoms with Gasteiger partial charge in [-0.2, -0.15) is 0 Å². The molecule has 1 rings (SSSR count). The quantitative estimate of drug-likeness (QED) is 0.610. The van der Waals surface area contributed by atoms with Crippen molar-refractivity contribution in [3.8, 4) is 23.3 Å². The van der Waals surface area contributed by atoms with Crippen LogP contribution < -0.4 is 0 Å². The average molecular weight is 236 g/mol. The summed E-state index contributed by atoms with van der Waals surface area (Å²) >= 11 is 1.23. The van der Waals surface area contributed by atoms with Gasteiger partial charge in [0, 0.05) is 25.2 Å². The van der Waals surface area contributed by atoms with E-state index in [4.69, 9.17) is 5.11 Å². The zero-order chi connectivity index (χ0) is 12.0. The van der Waals surface area contributed by atoms with Crippen molar-refractivity contribution in [1.29, 1.82) is 0 Å². The van der Waals surface area contributed by atoms with Crippen LogP contribution in [0.4, 0.5) is 0 Å². The molecule has 1 aromatic carbocycles. The number of phenols is 2. The Morgan fingerprint density at radius 3 is 2.81 bits per heavy atom. The van der Waals surface area contributed by atoms with Gasteiger partial charge in [-0.1, -0.05) is 23.6 Å². The lowest BCUT2D eigenvalue weighted by atomic mass is 10.2. The summed E-state index contributed by atoms with van der Waals surface area (Å²) in [7, 11) is 0. The fourth-order valence-corrected chi connectivity index (χ4v) is 1.52. The van der Waals surface area contributed by atoms with Crippen molar-refractivity contribution in [3.05, 3.63) is 23.8 Å². The smallest absolute Gasteiger partial charge is 0.185 e. The molecule has 16 heavy (non-hydrogen) atoms. The first-order valence-corrected chi connectivity index (χ1v) is 5.72. The highest BCUT2D eigenvalue weighted by atomic mass is 32.2. The van der Waals surface area contributed by atoms with Gasteiger partial charge < -0.3 is 10.2 Å². The molecule has 1 aromatic rings. The van der Waals surface area contributed by atoms with Crippen molar-refractivity contribution in [1.82, 2.24) is 0 Å². The normalized spacial score (nSPS) is 9.31. The number of thioether (sulfide) groups is 1. The molecule has 0 unspecified atom stereocenters. The minimum Gasteiger partial charge on any atom is -0.508 e. The Morgan fingerprint density at radius 2 is 2.19 bits per heavy atom. The van der Waals surface area contributed by atoms with E-state index in [0.29, 0.717) is 17.7 Å². The van der Waals surface area contributed by atoms with E-state index in [1.807, 2.05) is 0 Å². The molecule has 0 atom stereocenters. The number of carbonyl (C=O) groups is 1. The maximum absolute atomic E-state index is 10.6. The first kappa shape index (κ1) is 12.5. The zero-order valence-electron chi connectivity index (χ0n) is 8.86. The van der Waals surface area contributed by atoms with Crippen molar-refractivity contribution >= 4 is 16.9 Å². The number of aromatic hydroxyl groups is 2. The maximum atomic E-state index is 10.6. The summed E-state index contributed by atoms with van der Waals surface area (Å²) < 4.78 is 0. The Balaban J connectivity index is 2.53. The molecule has 3 nitrogen and oxygen atoms in total. The molecular formula is C12H12O3S. The third-order valence-corrected chi connectivity index (χ3v) is 2.55. The molecule has 0 saturated carbocycles. The number of hydrogen-bond donors (Lipinski definition) is 2. The second kappa shape index (κ2) is 6.09. The average Bonchev–Trinajstić information content (AvgIpc) is 2.20. The van der Waals surface area contributed by atoms with Gasteiger partial charge in [0.2, 0.25) is 0 Å². The van der Waals surface area contributed by atoms with E-state index in [-0.39, 0.29) is 16.6 Å². The molecule has 0 aromatic heterocycles. The molecule has 0 aliphatic carbocycles. The van der Waals surface area contributed by atoms with Crippen molar-refractivity contribution in [2.24, 2.45) is 0 Å². The van der Waals surface area contributed by atoms with E-state index in [1.165, 1.54) is 30.8 Å². The van der Waals surface area contributed by atoms with Crippen LogP contribution in [-0.2, 0) is 4.79 Å². The third kappa shape index (κ3) is 4.28. The molecule has 2 N–H and O–H groups in total. The molecule has 0 bridgehead atoms. The molecule has 84 valence electrons. The van der Waals surface area contributed by atoms with E-state index < -0.39 is 0 Å². The van der Waals surface area contributed by atoms with E-state index in [0.717, 1.165) is 0 Å². The molecule has 4 heteroatoms. The summed E-state index contributed by atoms with van der Waals surface area (Å²) in [5.74, 6) is 6.26. The Bertz CT molecular complexity index is 443. The van der Waals surface area contributed by atoms with Gasteiger partial charge in [-0.3, -0.25) is 4.79 Å². The van der Waals surface area contributed by atoms with Gasteiger partial charge in [0.25, 0.3) is 0 Å². The van der Waals surface area contributed by atoms with E-state index in [9.17, 15) is 9.90 Å². The van der Waals surface area contributed by atoms with Crippen LogP contribution in [-0.4, -0.2) is 21.1 Å². The first-order valence-electron chi connectivity index (χ1n) is 4.74.